The molecule has 0 aromatic carbocycles. The molecular weight excluding hydrogens is 168 g/mol. The van der Waals surface area contributed by atoms with Crippen molar-refractivity contribution in [2.24, 2.45) is 5.73 Å². The molecular formula is C9H14N2O2. The van der Waals surface area contributed by atoms with Crippen LogP contribution in [0.4, 0.5) is 0 Å². The van der Waals surface area contributed by atoms with Crippen molar-refractivity contribution in [3.63, 3.8) is 0 Å². The van der Waals surface area contributed by atoms with Gasteiger partial charge in [0.2, 0.25) is 0 Å². The summed E-state index contributed by atoms with van der Waals surface area (Å²) in [6, 6.07) is 1.90. The van der Waals surface area contributed by atoms with Crippen LogP contribution in [0.25, 0.3) is 0 Å². The molecule has 72 valence electrons. The Kier molecular flexibility index (Phi) is 1.89. The fraction of sp³-hybridized carbons (Fsp3) is 0.667. The average Bonchev–Trinajstić information content (AvgIpc) is 2.46. The first-order chi connectivity index (χ1) is 6.16. The molecule has 0 unspecified atom stereocenters. The highest BCUT2D eigenvalue weighted by molar-refractivity contribution is 5.21. The summed E-state index contributed by atoms with van der Waals surface area (Å²) < 4.78 is 5.17. The van der Waals surface area contributed by atoms with Gasteiger partial charge in [0.1, 0.15) is 5.76 Å². The standard InChI is InChI=1S/C9H14N2O2/c1-6-2-8(13-11-6)9(5-10)3-7(12)4-9/h2,7,12H,3-5,10H2,1H3. The Bertz CT molecular complexity index is 302. The Morgan fingerprint density at radius 1 is 1.77 bits per heavy atom. The zero-order chi connectivity index (χ0) is 9.47. The second-order valence-electron chi connectivity index (χ2n) is 3.88. The SMILES string of the molecule is Cc1cc(C2(CN)CC(O)C2)on1. The highest BCUT2D eigenvalue weighted by Crippen LogP contribution is 2.43. The minimum Gasteiger partial charge on any atom is -0.393 e. The predicted octanol–water partition coefficient (Wildman–Crippen LogP) is 0.334. The van der Waals surface area contributed by atoms with E-state index in [0.717, 1.165) is 11.5 Å². The average molecular weight is 182 g/mol. The fourth-order valence-corrected chi connectivity index (χ4v) is 1.92. The number of nitrogens with zero attached hydrogens (tertiary/aromatic N) is 1. The Labute approximate surface area is 76.7 Å². The van der Waals surface area contributed by atoms with E-state index in [9.17, 15) is 5.11 Å². The quantitative estimate of drug-likeness (QED) is 0.691. The van der Waals surface area contributed by atoms with Gasteiger partial charge in [-0.1, -0.05) is 5.16 Å². The number of aliphatic hydroxyl groups excluding tert-OH is 1. The van der Waals surface area contributed by atoms with Crippen LogP contribution in [0.2, 0.25) is 0 Å². The zero-order valence-corrected chi connectivity index (χ0v) is 7.66. The van der Waals surface area contributed by atoms with E-state index in [4.69, 9.17) is 10.3 Å². The van der Waals surface area contributed by atoms with Crippen LogP contribution in [0.3, 0.4) is 0 Å². The zero-order valence-electron chi connectivity index (χ0n) is 7.66. The van der Waals surface area contributed by atoms with E-state index in [1.165, 1.54) is 0 Å². The van der Waals surface area contributed by atoms with Crippen LogP contribution in [0.1, 0.15) is 24.3 Å². The van der Waals surface area contributed by atoms with E-state index in [1.807, 2.05) is 13.0 Å². The van der Waals surface area contributed by atoms with Crippen LogP contribution in [0.5, 0.6) is 0 Å². The number of aromatic nitrogens is 1. The summed E-state index contributed by atoms with van der Waals surface area (Å²) in [7, 11) is 0. The second kappa shape index (κ2) is 2.82. The van der Waals surface area contributed by atoms with Crippen molar-refractivity contribution in [2.45, 2.75) is 31.3 Å². The van der Waals surface area contributed by atoms with Gasteiger partial charge in [-0.25, -0.2) is 0 Å². The van der Waals surface area contributed by atoms with E-state index < -0.39 is 0 Å². The van der Waals surface area contributed by atoms with Gasteiger partial charge in [0.25, 0.3) is 0 Å². The van der Waals surface area contributed by atoms with Crippen molar-refractivity contribution in [3.8, 4) is 0 Å². The molecule has 1 heterocycles. The molecule has 4 nitrogen and oxygen atoms in total. The van der Waals surface area contributed by atoms with Crippen LogP contribution in [-0.2, 0) is 5.41 Å². The maximum atomic E-state index is 9.27. The van der Waals surface area contributed by atoms with Crippen LogP contribution in [0.15, 0.2) is 10.6 Å². The van der Waals surface area contributed by atoms with Crippen LogP contribution < -0.4 is 5.73 Å². The highest BCUT2D eigenvalue weighted by Gasteiger charge is 2.46. The van der Waals surface area contributed by atoms with Crippen molar-refractivity contribution in [1.29, 1.82) is 0 Å². The summed E-state index contributed by atoms with van der Waals surface area (Å²) in [6.07, 6.45) is 1.16. The lowest BCUT2D eigenvalue weighted by Crippen LogP contribution is -2.49. The number of hydrogen-bond acceptors (Lipinski definition) is 4. The second-order valence-corrected chi connectivity index (χ2v) is 3.88. The lowest BCUT2D eigenvalue weighted by atomic mass is 9.65. The Morgan fingerprint density at radius 2 is 2.46 bits per heavy atom. The first-order valence-corrected chi connectivity index (χ1v) is 4.48. The maximum Gasteiger partial charge on any atom is 0.144 e. The van der Waals surface area contributed by atoms with Crippen LogP contribution >= 0.6 is 0 Å². The van der Waals surface area contributed by atoms with Crippen molar-refractivity contribution in [3.05, 3.63) is 17.5 Å². The van der Waals surface area contributed by atoms with Gasteiger partial charge in [-0.15, -0.1) is 0 Å². The number of rotatable bonds is 2. The molecule has 0 bridgehead atoms. The van der Waals surface area contributed by atoms with Crippen LogP contribution in [0, 0.1) is 6.92 Å². The Hall–Kier alpha value is -0.870. The molecule has 0 amide bonds. The molecule has 1 saturated carbocycles. The monoisotopic (exact) mass is 182 g/mol. The molecule has 0 aliphatic heterocycles. The van der Waals surface area contributed by atoms with Gasteiger partial charge in [0, 0.05) is 18.0 Å². The minimum absolute atomic E-state index is 0.152. The summed E-state index contributed by atoms with van der Waals surface area (Å²) in [5, 5.41) is 13.1. The molecule has 2 rings (SSSR count). The van der Waals surface area contributed by atoms with Gasteiger partial charge < -0.3 is 15.4 Å². The van der Waals surface area contributed by atoms with Gasteiger partial charge in [-0.2, -0.15) is 0 Å². The number of aliphatic hydroxyl groups is 1. The molecule has 13 heavy (non-hydrogen) atoms. The Morgan fingerprint density at radius 3 is 2.85 bits per heavy atom. The van der Waals surface area contributed by atoms with E-state index in [0.29, 0.717) is 19.4 Å². The summed E-state index contributed by atoms with van der Waals surface area (Å²) in [5.41, 5.74) is 6.39. The van der Waals surface area contributed by atoms with Gasteiger partial charge in [-0.05, 0) is 19.8 Å². The van der Waals surface area contributed by atoms with Crippen molar-refractivity contribution in [1.82, 2.24) is 5.16 Å². The minimum atomic E-state index is -0.228. The third-order valence-corrected chi connectivity index (χ3v) is 2.79. The third-order valence-electron chi connectivity index (χ3n) is 2.79. The lowest BCUT2D eigenvalue weighted by Gasteiger charge is -2.42. The largest absolute Gasteiger partial charge is 0.393 e. The molecule has 3 N–H and O–H groups in total. The van der Waals surface area contributed by atoms with Gasteiger partial charge in [0.15, 0.2) is 0 Å². The number of aryl methyl sites for hydroxylation is 1. The van der Waals surface area contributed by atoms with Crippen molar-refractivity contribution >= 4 is 0 Å². The van der Waals surface area contributed by atoms with Gasteiger partial charge in [0.05, 0.1) is 11.8 Å². The van der Waals surface area contributed by atoms with E-state index in [-0.39, 0.29) is 11.5 Å². The topological polar surface area (TPSA) is 72.3 Å². The summed E-state index contributed by atoms with van der Waals surface area (Å²) >= 11 is 0. The molecule has 0 spiro atoms. The third kappa shape index (κ3) is 1.26. The maximum absolute atomic E-state index is 9.27. The molecule has 1 aromatic rings. The molecule has 0 atom stereocenters. The summed E-state index contributed by atoms with van der Waals surface area (Å²) in [6.45, 7) is 2.39. The number of hydrogen-bond donors (Lipinski definition) is 2. The molecule has 1 fully saturated rings. The molecule has 1 aliphatic carbocycles. The van der Waals surface area contributed by atoms with E-state index >= 15 is 0 Å². The highest BCUT2D eigenvalue weighted by atomic mass is 16.5. The van der Waals surface area contributed by atoms with Crippen molar-refractivity contribution in [2.75, 3.05) is 6.54 Å². The first-order valence-electron chi connectivity index (χ1n) is 4.48. The Balaban J connectivity index is 2.23. The molecule has 4 heteroatoms. The van der Waals surface area contributed by atoms with E-state index in [1.54, 1.807) is 0 Å². The predicted molar refractivity (Wildman–Crippen MR) is 47.2 cm³/mol. The number of nitrogens with two attached hydrogens (primary N) is 1. The summed E-state index contributed by atoms with van der Waals surface area (Å²) in [4.78, 5) is 0. The normalized spacial score (nSPS) is 33.0. The fourth-order valence-electron chi connectivity index (χ4n) is 1.92. The van der Waals surface area contributed by atoms with Gasteiger partial charge in [-0.3, -0.25) is 0 Å². The first kappa shape index (κ1) is 8.72. The molecule has 0 saturated heterocycles. The van der Waals surface area contributed by atoms with E-state index in [2.05, 4.69) is 5.16 Å². The molecule has 1 aliphatic rings. The lowest BCUT2D eigenvalue weighted by molar-refractivity contribution is 0.00869. The summed E-state index contributed by atoms with van der Waals surface area (Å²) in [5.74, 6) is 0.817. The molecule has 1 aromatic heterocycles. The van der Waals surface area contributed by atoms with Crippen LogP contribution in [-0.4, -0.2) is 22.9 Å². The van der Waals surface area contributed by atoms with Crippen molar-refractivity contribution < 1.29 is 9.63 Å². The van der Waals surface area contributed by atoms with Gasteiger partial charge >= 0.3 is 0 Å². The molecule has 0 radical (unpaired) electrons. The smallest absolute Gasteiger partial charge is 0.144 e.